The van der Waals surface area contributed by atoms with E-state index in [1.807, 2.05) is 19.1 Å². The number of morpholine rings is 1. The van der Waals surface area contributed by atoms with Crippen molar-refractivity contribution in [3.63, 3.8) is 0 Å². The van der Waals surface area contributed by atoms with Gasteiger partial charge in [-0.25, -0.2) is 0 Å². The van der Waals surface area contributed by atoms with Crippen molar-refractivity contribution in [2.24, 2.45) is 0 Å². The van der Waals surface area contributed by atoms with Crippen molar-refractivity contribution >= 4 is 17.3 Å². The van der Waals surface area contributed by atoms with Crippen LogP contribution in [0.25, 0.3) is 0 Å². The summed E-state index contributed by atoms with van der Waals surface area (Å²) in [6.45, 7) is 5.30. The normalized spacial score (nSPS) is 15.8. The maximum atomic E-state index is 12.2. The Labute approximate surface area is 141 Å². The van der Waals surface area contributed by atoms with Crippen LogP contribution in [0.15, 0.2) is 42.6 Å². The molecule has 0 spiro atoms. The molecule has 1 aliphatic rings. The topological polar surface area (TPSA) is 80.5 Å². The molecule has 6 nitrogen and oxygen atoms in total. The zero-order valence-electron chi connectivity index (χ0n) is 13.7. The summed E-state index contributed by atoms with van der Waals surface area (Å²) in [4.78, 5) is 18.6. The van der Waals surface area contributed by atoms with Gasteiger partial charge in [0.25, 0.3) is 5.91 Å². The molecule has 1 aromatic heterocycles. The van der Waals surface area contributed by atoms with E-state index in [-0.39, 0.29) is 11.9 Å². The van der Waals surface area contributed by atoms with Crippen LogP contribution in [0.1, 0.15) is 29.0 Å². The molecule has 1 aliphatic heterocycles. The van der Waals surface area contributed by atoms with E-state index in [4.69, 9.17) is 10.5 Å². The first-order valence-electron chi connectivity index (χ1n) is 8.08. The lowest BCUT2D eigenvalue weighted by molar-refractivity contribution is 0.0935. The van der Waals surface area contributed by atoms with Gasteiger partial charge in [-0.3, -0.25) is 9.78 Å². The van der Waals surface area contributed by atoms with Gasteiger partial charge in [0.05, 0.1) is 19.3 Å². The van der Waals surface area contributed by atoms with Gasteiger partial charge in [0.2, 0.25) is 0 Å². The number of hydrogen-bond acceptors (Lipinski definition) is 5. The highest BCUT2D eigenvalue weighted by Gasteiger charge is 2.14. The van der Waals surface area contributed by atoms with E-state index < -0.39 is 0 Å². The van der Waals surface area contributed by atoms with Crippen molar-refractivity contribution < 1.29 is 9.53 Å². The number of ether oxygens (including phenoxy) is 1. The van der Waals surface area contributed by atoms with Crippen molar-refractivity contribution in [2.45, 2.75) is 13.0 Å². The van der Waals surface area contributed by atoms with Crippen molar-refractivity contribution in [3.8, 4) is 0 Å². The van der Waals surface area contributed by atoms with Crippen LogP contribution in [0, 0.1) is 0 Å². The van der Waals surface area contributed by atoms with Gasteiger partial charge in [0.15, 0.2) is 0 Å². The Morgan fingerprint density at radius 3 is 2.62 bits per heavy atom. The van der Waals surface area contributed by atoms with E-state index in [0.717, 1.165) is 31.9 Å². The number of nitrogens with zero attached hydrogens (tertiary/aromatic N) is 2. The first-order valence-corrected chi connectivity index (χ1v) is 8.08. The molecule has 1 unspecified atom stereocenters. The molecule has 24 heavy (non-hydrogen) atoms. The number of carbonyl (C=O) groups is 1. The van der Waals surface area contributed by atoms with Gasteiger partial charge in [-0.1, -0.05) is 12.1 Å². The van der Waals surface area contributed by atoms with Crippen LogP contribution in [0.5, 0.6) is 0 Å². The molecule has 0 radical (unpaired) electrons. The average molecular weight is 326 g/mol. The lowest BCUT2D eigenvalue weighted by Gasteiger charge is -2.29. The molecule has 2 heterocycles. The van der Waals surface area contributed by atoms with Gasteiger partial charge in [-0.15, -0.1) is 0 Å². The molecule has 6 heteroatoms. The van der Waals surface area contributed by atoms with E-state index in [1.54, 1.807) is 12.1 Å². The summed E-state index contributed by atoms with van der Waals surface area (Å²) < 4.78 is 5.37. The van der Waals surface area contributed by atoms with Crippen LogP contribution in [0.3, 0.4) is 0 Å². The highest BCUT2D eigenvalue weighted by molar-refractivity contribution is 5.93. The van der Waals surface area contributed by atoms with Gasteiger partial charge in [-0.2, -0.15) is 0 Å². The van der Waals surface area contributed by atoms with Crippen molar-refractivity contribution in [1.29, 1.82) is 0 Å². The molecule has 0 aliphatic carbocycles. The van der Waals surface area contributed by atoms with Crippen LogP contribution >= 0.6 is 0 Å². The van der Waals surface area contributed by atoms with Crippen molar-refractivity contribution in [1.82, 2.24) is 10.3 Å². The Balaban J connectivity index is 1.64. The maximum absolute atomic E-state index is 12.2. The van der Waals surface area contributed by atoms with Crippen LogP contribution in [0.2, 0.25) is 0 Å². The van der Waals surface area contributed by atoms with Gasteiger partial charge < -0.3 is 20.7 Å². The maximum Gasteiger partial charge on any atom is 0.270 e. The molecule has 3 rings (SSSR count). The Morgan fingerprint density at radius 1 is 1.25 bits per heavy atom. The predicted octanol–water partition coefficient (Wildman–Crippen LogP) is 1.99. The predicted molar refractivity (Wildman–Crippen MR) is 94.0 cm³/mol. The third kappa shape index (κ3) is 3.83. The second-order valence-corrected chi connectivity index (χ2v) is 5.86. The fourth-order valence-electron chi connectivity index (χ4n) is 2.72. The van der Waals surface area contributed by atoms with Crippen LogP contribution < -0.4 is 16.0 Å². The minimum atomic E-state index is -0.230. The smallest absolute Gasteiger partial charge is 0.270 e. The second-order valence-electron chi connectivity index (χ2n) is 5.86. The van der Waals surface area contributed by atoms with E-state index in [0.29, 0.717) is 11.4 Å². The van der Waals surface area contributed by atoms with Crippen molar-refractivity contribution in [3.05, 3.63) is 53.9 Å². The summed E-state index contributed by atoms with van der Waals surface area (Å²) in [5.41, 5.74) is 8.77. The number of amides is 1. The largest absolute Gasteiger partial charge is 0.399 e. The quantitative estimate of drug-likeness (QED) is 0.898. The molecule has 0 saturated carbocycles. The summed E-state index contributed by atoms with van der Waals surface area (Å²) in [6, 6.07) is 11.4. The molecule has 1 atom stereocenters. The van der Waals surface area contributed by atoms with E-state index in [9.17, 15) is 4.79 Å². The zero-order chi connectivity index (χ0) is 16.9. The van der Waals surface area contributed by atoms with Gasteiger partial charge in [0, 0.05) is 30.7 Å². The standard InChI is InChI=1S/C18H22N4O2/c1-13(21-18(23)17-12-15(19)6-7-20-17)14-2-4-16(5-3-14)22-8-10-24-11-9-22/h2-7,12-13H,8-11H2,1H3,(H2,19,20)(H,21,23). The number of anilines is 2. The van der Waals surface area contributed by atoms with E-state index >= 15 is 0 Å². The number of benzene rings is 1. The number of carbonyl (C=O) groups excluding carboxylic acids is 1. The molecule has 1 saturated heterocycles. The summed E-state index contributed by atoms with van der Waals surface area (Å²) in [5.74, 6) is -0.230. The number of nitrogen functional groups attached to an aromatic ring is 1. The summed E-state index contributed by atoms with van der Waals surface area (Å²) in [5, 5.41) is 2.95. The minimum absolute atomic E-state index is 0.112. The van der Waals surface area contributed by atoms with Gasteiger partial charge in [-0.05, 0) is 36.8 Å². The Bertz CT molecular complexity index is 696. The fraction of sp³-hybridized carbons (Fsp3) is 0.333. The number of hydrogen-bond donors (Lipinski definition) is 2. The van der Waals surface area contributed by atoms with Crippen LogP contribution in [0.4, 0.5) is 11.4 Å². The average Bonchev–Trinajstić information content (AvgIpc) is 2.62. The van der Waals surface area contributed by atoms with Gasteiger partial charge >= 0.3 is 0 Å². The Hall–Kier alpha value is -2.60. The molecule has 1 amide bonds. The first kappa shape index (κ1) is 16.3. The Morgan fingerprint density at radius 2 is 1.96 bits per heavy atom. The fourth-order valence-corrected chi connectivity index (χ4v) is 2.72. The molecule has 1 aromatic carbocycles. The monoisotopic (exact) mass is 326 g/mol. The summed E-state index contributed by atoms with van der Waals surface area (Å²) >= 11 is 0. The van der Waals surface area contributed by atoms with Crippen LogP contribution in [-0.4, -0.2) is 37.2 Å². The third-order valence-corrected chi connectivity index (χ3v) is 4.13. The lowest BCUT2D eigenvalue weighted by Crippen LogP contribution is -2.36. The number of pyridine rings is 1. The summed E-state index contributed by atoms with van der Waals surface area (Å²) in [6.07, 6.45) is 1.53. The number of nitrogens with one attached hydrogen (secondary N) is 1. The molecule has 2 aromatic rings. The second kappa shape index (κ2) is 7.31. The number of nitrogens with two attached hydrogens (primary N) is 1. The van der Waals surface area contributed by atoms with Crippen LogP contribution in [-0.2, 0) is 4.74 Å². The zero-order valence-corrected chi connectivity index (χ0v) is 13.7. The molecular formula is C18H22N4O2. The minimum Gasteiger partial charge on any atom is -0.399 e. The SMILES string of the molecule is CC(NC(=O)c1cc(N)ccn1)c1ccc(N2CCOCC2)cc1. The van der Waals surface area contributed by atoms with Gasteiger partial charge in [0.1, 0.15) is 5.69 Å². The van der Waals surface area contributed by atoms with Crippen molar-refractivity contribution in [2.75, 3.05) is 36.9 Å². The molecule has 0 bridgehead atoms. The highest BCUT2D eigenvalue weighted by Crippen LogP contribution is 2.20. The lowest BCUT2D eigenvalue weighted by atomic mass is 10.1. The third-order valence-electron chi connectivity index (χ3n) is 4.13. The Kier molecular flexibility index (Phi) is 4.96. The molecular weight excluding hydrogens is 304 g/mol. The molecule has 3 N–H and O–H groups in total. The van der Waals surface area contributed by atoms with E-state index in [2.05, 4.69) is 27.3 Å². The molecule has 126 valence electrons. The molecule has 1 fully saturated rings. The first-order chi connectivity index (χ1) is 11.6. The number of rotatable bonds is 4. The summed E-state index contributed by atoms with van der Waals surface area (Å²) in [7, 11) is 0. The highest BCUT2D eigenvalue weighted by atomic mass is 16.5. The van der Waals surface area contributed by atoms with E-state index in [1.165, 1.54) is 11.9 Å². The number of aromatic nitrogens is 1.